The Bertz CT molecular complexity index is 154. The van der Waals surface area contributed by atoms with Crippen LogP contribution in [0.1, 0.15) is 33.1 Å². The molecule has 1 fully saturated rings. The molecule has 0 amide bonds. The van der Waals surface area contributed by atoms with Crippen molar-refractivity contribution >= 4 is 6.29 Å². The summed E-state index contributed by atoms with van der Waals surface area (Å²) in [6, 6.07) is 0. The molecular formula is C9H16O3. The monoisotopic (exact) mass is 172 g/mol. The Morgan fingerprint density at radius 2 is 2.33 bits per heavy atom. The van der Waals surface area contributed by atoms with Crippen LogP contribution in [0, 0.1) is 0 Å². The molecule has 0 aromatic rings. The molecule has 12 heavy (non-hydrogen) atoms. The minimum atomic E-state index is -0.425. The van der Waals surface area contributed by atoms with Gasteiger partial charge in [0.2, 0.25) is 0 Å². The summed E-state index contributed by atoms with van der Waals surface area (Å²) in [5.74, 6) is -0.425. The summed E-state index contributed by atoms with van der Waals surface area (Å²) in [5.41, 5.74) is 0. The van der Waals surface area contributed by atoms with Crippen LogP contribution in [0.15, 0.2) is 0 Å². The minimum absolute atomic E-state index is 0.181. The van der Waals surface area contributed by atoms with E-state index in [4.69, 9.17) is 9.47 Å². The highest BCUT2D eigenvalue weighted by atomic mass is 16.7. The number of rotatable bonds is 4. The lowest BCUT2D eigenvalue weighted by molar-refractivity contribution is -0.139. The molecule has 1 rings (SSSR count). The van der Waals surface area contributed by atoms with E-state index < -0.39 is 5.79 Å². The van der Waals surface area contributed by atoms with Gasteiger partial charge in [0.25, 0.3) is 0 Å². The van der Waals surface area contributed by atoms with E-state index in [0.717, 1.165) is 19.1 Å². The third kappa shape index (κ3) is 2.91. The lowest BCUT2D eigenvalue weighted by Crippen LogP contribution is -2.21. The Balaban J connectivity index is 2.15. The zero-order valence-corrected chi connectivity index (χ0v) is 7.71. The molecule has 70 valence electrons. The van der Waals surface area contributed by atoms with Gasteiger partial charge in [-0.3, -0.25) is 0 Å². The van der Waals surface area contributed by atoms with Crippen molar-refractivity contribution in [3.63, 3.8) is 0 Å². The van der Waals surface area contributed by atoms with Crippen molar-refractivity contribution in [3.8, 4) is 0 Å². The van der Waals surface area contributed by atoms with Crippen LogP contribution in [0.3, 0.4) is 0 Å². The fourth-order valence-corrected chi connectivity index (χ4v) is 1.33. The molecular weight excluding hydrogens is 156 g/mol. The Labute approximate surface area is 73.0 Å². The van der Waals surface area contributed by atoms with E-state index in [9.17, 15) is 4.79 Å². The minimum Gasteiger partial charge on any atom is -0.348 e. The van der Waals surface area contributed by atoms with E-state index in [1.807, 2.05) is 13.8 Å². The predicted molar refractivity (Wildman–Crippen MR) is 44.8 cm³/mol. The second-order valence-corrected chi connectivity index (χ2v) is 3.55. The van der Waals surface area contributed by atoms with Gasteiger partial charge in [0.05, 0.1) is 12.7 Å². The molecule has 3 nitrogen and oxygen atoms in total. The largest absolute Gasteiger partial charge is 0.348 e. The van der Waals surface area contributed by atoms with E-state index in [-0.39, 0.29) is 6.10 Å². The Morgan fingerprint density at radius 1 is 1.58 bits per heavy atom. The van der Waals surface area contributed by atoms with E-state index >= 15 is 0 Å². The van der Waals surface area contributed by atoms with Crippen molar-refractivity contribution in [2.24, 2.45) is 0 Å². The molecule has 1 saturated heterocycles. The first kappa shape index (κ1) is 9.68. The van der Waals surface area contributed by atoms with Gasteiger partial charge in [-0.2, -0.15) is 0 Å². The Morgan fingerprint density at radius 3 is 2.83 bits per heavy atom. The highest BCUT2D eigenvalue weighted by Gasteiger charge is 2.31. The second-order valence-electron chi connectivity index (χ2n) is 3.55. The van der Waals surface area contributed by atoms with Gasteiger partial charge in [-0.05, 0) is 26.7 Å². The van der Waals surface area contributed by atoms with Gasteiger partial charge < -0.3 is 14.3 Å². The van der Waals surface area contributed by atoms with Crippen molar-refractivity contribution in [3.05, 3.63) is 0 Å². The summed E-state index contributed by atoms with van der Waals surface area (Å²) in [7, 11) is 0. The van der Waals surface area contributed by atoms with Crippen molar-refractivity contribution < 1.29 is 14.3 Å². The van der Waals surface area contributed by atoms with Crippen LogP contribution in [0.2, 0.25) is 0 Å². The summed E-state index contributed by atoms with van der Waals surface area (Å²) in [6.45, 7) is 4.48. The molecule has 0 bridgehead atoms. The lowest BCUT2D eigenvalue weighted by Gasteiger charge is -2.16. The van der Waals surface area contributed by atoms with Crippen LogP contribution >= 0.6 is 0 Å². The molecule has 0 N–H and O–H groups in total. The molecule has 1 aliphatic heterocycles. The van der Waals surface area contributed by atoms with E-state index in [2.05, 4.69) is 0 Å². The molecule has 0 aromatic heterocycles. The summed E-state index contributed by atoms with van der Waals surface area (Å²) >= 11 is 0. The average molecular weight is 172 g/mol. The number of unbranched alkanes of at least 4 members (excludes halogenated alkanes) is 1. The Hall–Kier alpha value is -0.410. The number of ether oxygens (including phenoxy) is 2. The van der Waals surface area contributed by atoms with Crippen LogP contribution < -0.4 is 0 Å². The van der Waals surface area contributed by atoms with Crippen LogP contribution in [-0.4, -0.2) is 24.8 Å². The summed E-state index contributed by atoms with van der Waals surface area (Å²) in [6.07, 6.45) is 3.57. The quantitative estimate of drug-likeness (QED) is 0.476. The maximum atomic E-state index is 10.0. The molecule has 0 unspecified atom stereocenters. The van der Waals surface area contributed by atoms with E-state index in [1.54, 1.807) is 0 Å². The molecule has 0 saturated carbocycles. The molecule has 1 aliphatic rings. The fourth-order valence-electron chi connectivity index (χ4n) is 1.33. The van der Waals surface area contributed by atoms with Crippen LogP contribution in [0.25, 0.3) is 0 Å². The summed E-state index contributed by atoms with van der Waals surface area (Å²) < 4.78 is 10.9. The number of carbonyl (C=O) groups is 1. The summed E-state index contributed by atoms with van der Waals surface area (Å²) in [5, 5.41) is 0. The smallest absolute Gasteiger partial charge is 0.163 e. The second kappa shape index (κ2) is 4.01. The van der Waals surface area contributed by atoms with Gasteiger partial charge in [0.1, 0.15) is 6.29 Å². The van der Waals surface area contributed by atoms with E-state index in [1.165, 1.54) is 0 Å². The first-order valence-electron chi connectivity index (χ1n) is 4.39. The van der Waals surface area contributed by atoms with Gasteiger partial charge in [-0.25, -0.2) is 0 Å². The molecule has 0 spiro atoms. The standard InChI is InChI=1S/C9H16O3/c1-9(2)11-7-8(12-9)5-3-4-6-10/h6,8H,3-5,7H2,1-2H3/t8-/m1/s1. The van der Waals surface area contributed by atoms with Gasteiger partial charge in [0.15, 0.2) is 5.79 Å². The highest BCUT2D eigenvalue weighted by Crippen LogP contribution is 2.24. The van der Waals surface area contributed by atoms with Gasteiger partial charge >= 0.3 is 0 Å². The average Bonchev–Trinajstić information content (AvgIpc) is 2.31. The highest BCUT2D eigenvalue weighted by molar-refractivity contribution is 5.48. The van der Waals surface area contributed by atoms with Gasteiger partial charge in [-0.15, -0.1) is 0 Å². The van der Waals surface area contributed by atoms with Crippen molar-refractivity contribution in [2.75, 3.05) is 6.61 Å². The lowest BCUT2D eigenvalue weighted by atomic mass is 10.2. The first-order valence-corrected chi connectivity index (χ1v) is 4.39. The Kier molecular flexibility index (Phi) is 3.23. The van der Waals surface area contributed by atoms with Crippen molar-refractivity contribution in [2.45, 2.75) is 45.0 Å². The van der Waals surface area contributed by atoms with Gasteiger partial charge in [0, 0.05) is 6.42 Å². The number of hydrogen-bond donors (Lipinski definition) is 0. The molecule has 0 radical (unpaired) electrons. The van der Waals surface area contributed by atoms with Crippen molar-refractivity contribution in [1.82, 2.24) is 0 Å². The SMILES string of the molecule is CC1(C)OC[C@@H](CCCC=O)O1. The third-order valence-electron chi connectivity index (χ3n) is 1.92. The molecule has 1 atom stereocenters. The molecule has 1 heterocycles. The fraction of sp³-hybridized carbons (Fsp3) is 0.889. The first-order chi connectivity index (χ1) is 5.64. The number of aldehydes is 1. The van der Waals surface area contributed by atoms with Crippen LogP contribution in [-0.2, 0) is 14.3 Å². The van der Waals surface area contributed by atoms with Crippen LogP contribution in [0.4, 0.5) is 0 Å². The third-order valence-corrected chi connectivity index (χ3v) is 1.92. The number of hydrogen-bond acceptors (Lipinski definition) is 3. The van der Waals surface area contributed by atoms with Crippen molar-refractivity contribution in [1.29, 1.82) is 0 Å². The number of carbonyl (C=O) groups excluding carboxylic acids is 1. The normalized spacial score (nSPS) is 27.3. The maximum Gasteiger partial charge on any atom is 0.163 e. The zero-order valence-electron chi connectivity index (χ0n) is 7.71. The van der Waals surface area contributed by atoms with Crippen LogP contribution in [0.5, 0.6) is 0 Å². The molecule has 0 aliphatic carbocycles. The van der Waals surface area contributed by atoms with E-state index in [0.29, 0.717) is 13.0 Å². The molecule has 0 aromatic carbocycles. The zero-order chi connectivity index (χ0) is 9.03. The topological polar surface area (TPSA) is 35.5 Å². The predicted octanol–water partition coefficient (Wildman–Crippen LogP) is 1.51. The van der Waals surface area contributed by atoms with Gasteiger partial charge in [-0.1, -0.05) is 0 Å². The maximum absolute atomic E-state index is 10.0. The molecule has 3 heteroatoms. The summed E-state index contributed by atoms with van der Waals surface area (Å²) in [4.78, 5) is 10.0.